The van der Waals surface area contributed by atoms with E-state index in [1.54, 1.807) is 24.3 Å². The third-order valence-electron chi connectivity index (χ3n) is 3.69. The van der Waals surface area contributed by atoms with Crippen molar-refractivity contribution in [2.24, 2.45) is 0 Å². The first kappa shape index (κ1) is 19.2. The van der Waals surface area contributed by atoms with Crippen LogP contribution < -0.4 is 15.4 Å². The maximum Gasteiger partial charge on any atom is 0.416 e. The van der Waals surface area contributed by atoms with Gasteiger partial charge in [-0.1, -0.05) is 18.2 Å². The van der Waals surface area contributed by atoms with Crippen LogP contribution in [-0.2, 0) is 6.18 Å². The topological polar surface area (TPSA) is 76.1 Å². The largest absolute Gasteiger partial charge is 0.495 e. The van der Waals surface area contributed by atoms with E-state index >= 15 is 0 Å². The van der Waals surface area contributed by atoms with Gasteiger partial charge in [0.1, 0.15) is 11.4 Å². The molecule has 28 heavy (non-hydrogen) atoms. The van der Waals surface area contributed by atoms with Crippen LogP contribution in [0.3, 0.4) is 0 Å². The first-order valence-electron chi connectivity index (χ1n) is 8.08. The Bertz CT molecular complexity index is 993. The summed E-state index contributed by atoms with van der Waals surface area (Å²) in [5.41, 5.74) is -0.255. The van der Waals surface area contributed by atoms with Gasteiger partial charge >= 0.3 is 6.18 Å². The average Bonchev–Trinajstić information content (AvgIpc) is 2.68. The Morgan fingerprint density at radius 2 is 1.86 bits per heavy atom. The number of rotatable bonds is 5. The van der Waals surface area contributed by atoms with Gasteiger partial charge in [0, 0.05) is 11.9 Å². The van der Waals surface area contributed by atoms with E-state index in [1.165, 1.54) is 31.5 Å². The molecule has 2 N–H and O–H groups in total. The number of hydrogen-bond acceptors (Lipinski definition) is 5. The number of benzene rings is 2. The summed E-state index contributed by atoms with van der Waals surface area (Å²) in [5, 5.41) is 5.34. The molecule has 0 aliphatic rings. The summed E-state index contributed by atoms with van der Waals surface area (Å²) in [6, 6.07) is 12.8. The minimum absolute atomic E-state index is 0.00944. The fraction of sp³-hybridized carbons (Fsp3) is 0.105. The number of para-hydroxylation sites is 2. The van der Waals surface area contributed by atoms with Gasteiger partial charge in [-0.25, -0.2) is 9.97 Å². The van der Waals surface area contributed by atoms with Crippen molar-refractivity contribution in [1.29, 1.82) is 0 Å². The van der Waals surface area contributed by atoms with Crippen LogP contribution in [0.2, 0.25) is 0 Å². The fourth-order valence-electron chi connectivity index (χ4n) is 2.38. The maximum atomic E-state index is 12.8. The summed E-state index contributed by atoms with van der Waals surface area (Å²) in [5.74, 6) is 0.0379. The van der Waals surface area contributed by atoms with Crippen LogP contribution in [0.15, 0.2) is 60.8 Å². The lowest BCUT2D eigenvalue weighted by molar-refractivity contribution is -0.137. The summed E-state index contributed by atoms with van der Waals surface area (Å²) in [6.45, 7) is 0. The van der Waals surface area contributed by atoms with Gasteiger partial charge in [-0.2, -0.15) is 13.2 Å². The summed E-state index contributed by atoms with van der Waals surface area (Å²) in [7, 11) is 1.51. The number of hydrogen-bond donors (Lipinski definition) is 2. The molecule has 9 heteroatoms. The van der Waals surface area contributed by atoms with Gasteiger partial charge in [-0.05, 0) is 36.4 Å². The number of carbonyl (C=O) groups excluding carboxylic acids is 1. The van der Waals surface area contributed by atoms with Crippen LogP contribution in [0.5, 0.6) is 5.75 Å². The van der Waals surface area contributed by atoms with Crippen molar-refractivity contribution < 1.29 is 22.7 Å². The Labute approximate surface area is 158 Å². The molecular weight excluding hydrogens is 373 g/mol. The lowest BCUT2D eigenvalue weighted by atomic mass is 10.2. The van der Waals surface area contributed by atoms with Crippen molar-refractivity contribution in [2.45, 2.75) is 6.18 Å². The zero-order valence-corrected chi connectivity index (χ0v) is 14.6. The maximum absolute atomic E-state index is 12.8. The van der Waals surface area contributed by atoms with Crippen molar-refractivity contribution in [2.75, 3.05) is 17.7 Å². The fourth-order valence-corrected chi connectivity index (χ4v) is 2.38. The molecule has 3 aromatic rings. The van der Waals surface area contributed by atoms with Crippen molar-refractivity contribution in [1.82, 2.24) is 9.97 Å². The predicted molar refractivity (Wildman–Crippen MR) is 97.7 cm³/mol. The lowest BCUT2D eigenvalue weighted by Gasteiger charge is -2.11. The Morgan fingerprint density at radius 3 is 2.61 bits per heavy atom. The molecule has 0 saturated heterocycles. The molecule has 2 aromatic carbocycles. The molecule has 0 unspecified atom stereocenters. The number of methoxy groups -OCH3 is 1. The second-order valence-corrected chi connectivity index (χ2v) is 5.62. The number of nitrogens with one attached hydrogen (secondary N) is 2. The van der Waals surface area contributed by atoms with E-state index < -0.39 is 17.6 Å². The highest BCUT2D eigenvalue weighted by Gasteiger charge is 2.30. The minimum Gasteiger partial charge on any atom is -0.495 e. The summed E-state index contributed by atoms with van der Waals surface area (Å²) < 4.78 is 43.6. The van der Waals surface area contributed by atoms with Crippen LogP contribution >= 0.6 is 0 Å². The highest BCUT2D eigenvalue weighted by atomic mass is 19.4. The molecule has 0 saturated carbocycles. The van der Waals surface area contributed by atoms with Gasteiger partial charge in [0.05, 0.1) is 18.4 Å². The zero-order valence-electron chi connectivity index (χ0n) is 14.6. The smallest absolute Gasteiger partial charge is 0.416 e. The third kappa shape index (κ3) is 4.56. The van der Waals surface area contributed by atoms with Crippen LogP contribution in [0.1, 0.15) is 16.1 Å². The monoisotopic (exact) mass is 388 g/mol. The van der Waals surface area contributed by atoms with Crippen LogP contribution in [0.25, 0.3) is 0 Å². The summed E-state index contributed by atoms with van der Waals surface area (Å²) >= 11 is 0. The van der Waals surface area contributed by atoms with Gasteiger partial charge in [-0.3, -0.25) is 4.79 Å². The van der Waals surface area contributed by atoms with Crippen molar-refractivity contribution in [3.05, 3.63) is 72.1 Å². The molecule has 144 valence electrons. The Kier molecular flexibility index (Phi) is 5.44. The second-order valence-electron chi connectivity index (χ2n) is 5.62. The van der Waals surface area contributed by atoms with E-state index in [-0.39, 0.29) is 17.3 Å². The average molecular weight is 388 g/mol. The number of aromatic nitrogens is 2. The molecule has 6 nitrogen and oxygen atoms in total. The third-order valence-corrected chi connectivity index (χ3v) is 3.69. The Hall–Kier alpha value is -3.62. The minimum atomic E-state index is -4.50. The number of anilines is 3. The lowest BCUT2D eigenvalue weighted by Crippen LogP contribution is -2.15. The van der Waals surface area contributed by atoms with E-state index in [0.717, 1.165) is 12.1 Å². The SMILES string of the molecule is COc1ccccc1Nc1nccc(C(=O)Nc2cccc(C(F)(F)F)c2)n1. The van der Waals surface area contributed by atoms with E-state index in [9.17, 15) is 18.0 Å². The van der Waals surface area contributed by atoms with Gasteiger partial charge in [0.25, 0.3) is 5.91 Å². The molecule has 0 spiro atoms. The number of carbonyl (C=O) groups is 1. The van der Waals surface area contributed by atoms with Gasteiger partial charge in [0.2, 0.25) is 5.95 Å². The van der Waals surface area contributed by atoms with Crippen molar-refractivity contribution >= 4 is 23.2 Å². The molecular formula is C19H15F3N4O2. The standard InChI is InChI=1S/C19H15F3N4O2/c1-28-16-8-3-2-7-14(16)25-18-23-10-9-15(26-18)17(27)24-13-6-4-5-12(11-13)19(20,21)22/h2-11H,1H3,(H,24,27)(H,23,25,26). The molecule has 0 fully saturated rings. The number of halogens is 3. The van der Waals surface area contributed by atoms with E-state index in [0.29, 0.717) is 11.4 Å². The molecule has 1 amide bonds. The number of alkyl halides is 3. The van der Waals surface area contributed by atoms with Crippen molar-refractivity contribution in [3.63, 3.8) is 0 Å². The normalized spacial score (nSPS) is 11.0. The predicted octanol–water partition coefficient (Wildman–Crippen LogP) is 4.50. The molecule has 0 aliphatic carbocycles. The number of ether oxygens (including phenoxy) is 1. The molecule has 0 atom stereocenters. The zero-order chi connectivity index (χ0) is 20.1. The highest BCUT2D eigenvalue weighted by molar-refractivity contribution is 6.03. The van der Waals surface area contributed by atoms with Crippen LogP contribution in [0, 0.1) is 0 Å². The van der Waals surface area contributed by atoms with Crippen molar-refractivity contribution in [3.8, 4) is 5.75 Å². The summed E-state index contributed by atoms with van der Waals surface area (Å²) in [4.78, 5) is 20.5. The molecule has 1 aromatic heterocycles. The number of amides is 1. The molecule has 0 aliphatic heterocycles. The first-order valence-corrected chi connectivity index (χ1v) is 8.08. The molecule has 1 heterocycles. The molecule has 3 rings (SSSR count). The highest BCUT2D eigenvalue weighted by Crippen LogP contribution is 2.30. The first-order chi connectivity index (χ1) is 13.4. The Balaban J connectivity index is 1.77. The molecule has 0 radical (unpaired) electrons. The number of nitrogens with zero attached hydrogens (tertiary/aromatic N) is 2. The quantitative estimate of drug-likeness (QED) is 0.673. The van der Waals surface area contributed by atoms with Gasteiger partial charge < -0.3 is 15.4 Å². The van der Waals surface area contributed by atoms with E-state index in [2.05, 4.69) is 20.6 Å². The van der Waals surface area contributed by atoms with Gasteiger partial charge in [-0.15, -0.1) is 0 Å². The van der Waals surface area contributed by atoms with Crippen LogP contribution in [0.4, 0.5) is 30.5 Å². The van der Waals surface area contributed by atoms with Gasteiger partial charge in [0.15, 0.2) is 0 Å². The van der Waals surface area contributed by atoms with E-state index in [4.69, 9.17) is 4.74 Å². The Morgan fingerprint density at radius 1 is 1.07 bits per heavy atom. The molecule has 0 bridgehead atoms. The second kappa shape index (κ2) is 7.95. The van der Waals surface area contributed by atoms with Crippen LogP contribution in [-0.4, -0.2) is 23.0 Å². The van der Waals surface area contributed by atoms with E-state index in [1.807, 2.05) is 0 Å². The summed E-state index contributed by atoms with van der Waals surface area (Å²) in [6.07, 6.45) is -3.13.